The van der Waals surface area contributed by atoms with E-state index in [9.17, 15) is 4.39 Å². The predicted octanol–water partition coefficient (Wildman–Crippen LogP) is 4.48. The van der Waals surface area contributed by atoms with Crippen molar-refractivity contribution in [3.63, 3.8) is 0 Å². The molecule has 1 saturated carbocycles. The first kappa shape index (κ1) is 22.7. The van der Waals surface area contributed by atoms with Gasteiger partial charge in [-0.15, -0.1) is 0 Å². The van der Waals surface area contributed by atoms with Gasteiger partial charge in [-0.25, -0.2) is 28.7 Å². The number of nitrogens with zero attached hydrogens (tertiary/aromatic N) is 5. The standard InChI is InChI=1S/C24H21F2N7O2S/c1-23(17-9-24(17,12-25)36-22(27)33-23)14-8-13(2-3-15(14)26)31-21-20-16(4-5-29-21)32-18(10-30-20)35-11-19-28-6-7-34-19/h2-8,10,17H,9,11-12H2,1H3,(H2,27,33)(H,29,31)/t17-,23-,24+/m0/s1. The smallest absolute Gasteiger partial charge is 0.233 e. The summed E-state index contributed by atoms with van der Waals surface area (Å²) in [6, 6.07) is 6.35. The molecule has 0 radical (unpaired) electrons. The summed E-state index contributed by atoms with van der Waals surface area (Å²) in [6.45, 7) is 1.40. The van der Waals surface area contributed by atoms with Crippen molar-refractivity contribution in [2.75, 3.05) is 12.0 Å². The van der Waals surface area contributed by atoms with Gasteiger partial charge >= 0.3 is 0 Å². The third-order valence-corrected chi connectivity index (χ3v) is 7.89. The van der Waals surface area contributed by atoms with Crippen molar-refractivity contribution in [1.29, 1.82) is 0 Å². The molecular weight excluding hydrogens is 488 g/mol. The SMILES string of the molecule is C[C@@]1(c2cc(Nc3nccc4nc(OCc5ncco5)cnc34)ccc2F)N=C(N)S[C@@]2(CF)C[C@H]21. The fraction of sp³-hybridized carbons (Fsp3) is 0.292. The average molecular weight is 510 g/mol. The fourth-order valence-electron chi connectivity index (χ4n) is 4.75. The second-order valence-electron chi connectivity index (χ2n) is 8.92. The highest BCUT2D eigenvalue weighted by molar-refractivity contribution is 8.15. The van der Waals surface area contributed by atoms with Gasteiger partial charge in [0.25, 0.3) is 0 Å². The van der Waals surface area contributed by atoms with Gasteiger partial charge in [0.1, 0.15) is 24.3 Å². The number of amidine groups is 1. The molecular formula is C24H21F2N7O2S. The number of fused-ring (bicyclic) bond motifs is 2. The summed E-state index contributed by atoms with van der Waals surface area (Å²) in [4.78, 5) is 21.9. The van der Waals surface area contributed by atoms with Crippen molar-refractivity contribution < 1.29 is 17.9 Å². The third kappa shape index (κ3) is 3.81. The van der Waals surface area contributed by atoms with Crippen molar-refractivity contribution in [2.45, 2.75) is 30.2 Å². The maximum absolute atomic E-state index is 15.1. The molecule has 12 heteroatoms. The van der Waals surface area contributed by atoms with E-state index in [1.807, 2.05) is 6.92 Å². The number of hydrogen-bond donors (Lipinski definition) is 2. The zero-order valence-corrected chi connectivity index (χ0v) is 19.9. The van der Waals surface area contributed by atoms with Gasteiger partial charge in [0.05, 0.1) is 28.2 Å². The summed E-state index contributed by atoms with van der Waals surface area (Å²) in [5, 5.41) is 3.47. The Balaban J connectivity index is 1.29. The van der Waals surface area contributed by atoms with E-state index in [4.69, 9.17) is 14.9 Å². The maximum atomic E-state index is 15.1. The number of thioether (sulfide) groups is 1. The first-order chi connectivity index (χ1) is 17.4. The molecule has 3 aromatic heterocycles. The van der Waals surface area contributed by atoms with Crippen molar-refractivity contribution in [3.8, 4) is 5.88 Å². The molecule has 1 aliphatic heterocycles. The van der Waals surface area contributed by atoms with Crippen LogP contribution >= 0.6 is 11.8 Å². The first-order valence-corrected chi connectivity index (χ1v) is 12.0. The number of nitrogens with two attached hydrogens (primary N) is 1. The highest BCUT2D eigenvalue weighted by Crippen LogP contribution is 2.66. The third-order valence-electron chi connectivity index (χ3n) is 6.62. The average Bonchev–Trinajstić information content (AvgIpc) is 3.38. The highest BCUT2D eigenvalue weighted by Gasteiger charge is 2.66. The van der Waals surface area contributed by atoms with Crippen LogP contribution in [0.1, 0.15) is 24.8 Å². The molecule has 0 bridgehead atoms. The van der Waals surface area contributed by atoms with Crippen molar-refractivity contribution in [1.82, 2.24) is 19.9 Å². The quantitative estimate of drug-likeness (QED) is 0.371. The molecule has 1 aromatic carbocycles. The molecule has 1 aliphatic carbocycles. The molecule has 3 N–H and O–H groups in total. The summed E-state index contributed by atoms with van der Waals surface area (Å²) in [5.41, 5.74) is 7.05. The van der Waals surface area contributed by atoms with Crippen molar-refractivity contribution in [2.24, 2.45) is 16.6 Å². The molecule has 2 aliphatic rings. The zero-order chi connectivity index (χ0) is 24.9. The van der Waals surface area contributed by atoms with Crippen LogP contribution in [-0.4, -0.2) is 36.5 Å². The second kappa shape index (κ2) is 8.40. The van der Waals surface area contributed by atoms with Crippen LogP contribution in [0.5, 0.6) is 5.88 Å². The van der Waals surface area contributed by atoms with Crippen LogP contribution in [0.3, 0.4) is 0 Å². The summed E-state index contributed by atoms with van der Waals surface area (Å²) in [5.74, 6) is 0.598. The Morgan fingerprint density at radius 1 is 1.25 bits per heavy atom. The number of ether oxygens (including phenoxy) is 1. The van der Waals surface area contributed by atoms with Crippen LogP contribution < -0.4 is 15.8 Å². The largest absolute Gasteiger partial charge is 0.467 e. The molecule has 0 saturated heterocycles. The lowest BCUT2D eigenvalue weighted by atomic mass is 9.85. The Morgan fingerprint density at radius 2 is 2.14 bits per heavy atom. The van der Waals surface area contributed by atoms with Crippen molar-refractivity contribution in [3.05, 3.63) is 66.4 Å². The number of pyridine rings is 1. The second-order valence-corrected chi connectivity index (χ2v) is 10.4. The van der Waals surface area contributed by atoms with Gasteiger partial charge < -0.3 is 20.2 Å². The van der Waals surface area contributed by atoms with Gasteiger partial charge in [-0.3, -0.25) is 4.99 Å². The summed E-state index contributed by atoms with van der Waals surface area (Å²) >= 11 is 1.25. The van der Waals surface area contributed by atoms with E-state index >= 15 is 4.39 Å². The first-order valence-electron chi connectivity index (χ1n) is 11.2. The van der Waals surface area contributed by atoms with Gasteiger partial charge in [0.15, 0.2) is 17.6 Å². The van der Waals surface area contributed by atoms with E-state index in [0.29, 0.717) is 46.3 Å². The summed E-state index contributed by atoms with van der Waals surface area (Å²) in [7, 11) is 0. The van der Waals surface area contributed by atoms with E-state index in [-0.39, 0.29) is 17.7 Å². The number of aliphatic imine (C=N–C) groups is 1. The zero-order valence-electron chi connectivity index (χ0n) is 19.1. The lowest BCUT2D eigenvalue weighted by molar-refractivity contribution is 0.253. The molecule has 1 fully saturated rings. The van der Waals surface area contributed by atoms with Crippen LogP contribution in [-0.2, 0) is 12.1 Å². The molecule has 36 heavy (non-hydrogen) atoms. The molecule has 0 spiro atoms. The lowest BCUT2D eigenvalue weighted by Crippen LogP contribution is -2.36. The van der Waals surface area contributed by atoms with Crippen LogP contribution in [0.15, 0.2) is 58.5 Å². The number of oxazole rings is 1. The summed E-state index contributed by atoms with van der Waals surface area (Å²) in [6.07, 6.45) is 6.66. The minimum Gasteiger partial charge on any atom is -0.467 e. The molecule has 9 nitrogen and oxygen atoms in total. The molecule has 4 aromatic rings. The molecule has 0 unspecified atom stereocenters. The normalized spacial score (nSPS) is 24.8. The molecule has 184 valence electrons. The van der Waals surface area contributed by atoms with Gasteiger partial charge in [0.2, 0.25) is 11.8 Å². The van der Waals surface area contributed by atoms with Gasteiger partial charge in [-0.2, -0.15) is 0 Å². The molecule has 6 rings (SSSR count). The molecule has 4 heterocycles. The minimum absolute atomic E-state index is 0.122. The van der Waals surface area contributed by atoms with E-state index in [1.54, 1.807) is 24.4 Å². The predicted molar refractivity (Wildman–Crippen MR) is 131 cm³/mol. The van der Waals surface area contributed by atoms with Gasteiger partial charge in [-0.05, 0) is 37.6 Å². The summed E-state index contributed by atoms with van der Waals surface area (Å²) < 4.78 is 39.0. The number of nitrogens with one attached hydrogen (secondary N) is 1. The fourth-order valence-corrected chi connectivity index (χ4v) is 6.08. The van der Waals surface area contributed by atoms with Gasteiger partial charge in [-0.1, -0.05) is 11.8 Å². The van der Waals surface area contributed by atoms with Crippen LogP contribution in [0.4, 0.5) is 20.3 Å². The topological polar surface area (TPSA) is 124 Å². The van der Waals surface area contributed by atoms with E-state index in [1.165, 1.54) is 36.5 Å². The Hall–Kier alpha value is -3.80. The lowest BCUT2D eigenvalue weighted by Gasteiger charge is -2.33. The van der Waals surface area contributed by atoms with Crippen molar-refractivity contribution >= 4 is 39.5 Å². The van der Waals surface area contributed by atoms with Crippen LogP contribution in [0.25, 0.3) is 11.0 Å². The number of alkyl halides is 1. The Labute approximate surface area is 208 Å². The number of rotatable bonds is 7. The Kier molecular flexibility index (Phi) is 5.29. The number of anilines is 2. The van der Waals surface area contributed by atoms with Crippen LogP contribution in [0, 0.1) is 11.7 Å². The van der Waals surface area contributed by atoms with Gasteiger partial charge in [0, 0.05) is 23.4 Å². The van der Waals surface area contributed by atoms with E-state index < -0.39 is 22.8 Å². The Morgan fingerprint density at radius 3 is 2.94 bits per heavy atom. The molecule has 3 atom stereocenters. The van der Waals surface area contributed by atoms with E-state index in [2.05, 4.69) is 30.2 Å². The minimum atomic E-state index is -0.968. The molecule has 0 amide bonds. The van der Waals surface area contributed by atoms with E-state index in [0.717, 1.165) is 0 Å². The maximum Gasteiger partial charge on any atom is 0.233 e. The number of benzene rings is 1. The number of halogens is 2. The number of hydrogen-bond acceptors (Lipinski definition) is 10. The monoisotopic (exact) mass is 509 g/mol. The number of aromatic nitrogens is 4. The highest BCUT2D eigenvalue weighted by atomic mass is 32.2. The van der Waals surface area contributed by atoms with Crippen LogP contribution in [0.2, 0.25) is 0 Å². The Bertz CT molecular complexity index is 1480.